The maximum Gasteiger partial charge on any atom is 0.0830 e. The lowest BCUT2D eigenvalue weighted by Gasteiger charge is -2.06. The number of benzene rings is 1. The van der Waals surface area contributed by atoms with E-state index in [1.54, 1.807) is 4.68 Å². The smallest absolute Gasteiger partial charge is 0.0830 e. The molecule has 0 unspecified atom stereocenters. The maximum atomic E-state index is 4.10. The molecule has 0 radical (unpaired) electrons. The molecule has 3 nitrogen and oxygen atoms in total. The van der Waals surface area contributed by atoms with Crippen molar-refractivity contribution in [2.45, 2.75) is 26.7 Å². The fourth-order valence-electron chi connectivity index (χ4n) is 1.86. The molecular weight excluding hydrogens is 198 g/mol. The SMILES string of the molecule is Cc1cccc(CCc2cn(C)nn2)c1C. The number of hydrogen-bond acceptors (Lipinski definition) is 2. The van der Waals surface area contributed by atoms with Crippen LogP contribution < -0.4 is 0 Å². The van der Waals surface area contributed by atoms with Gasteiger partial charge in [-0.1, -0.05) is 23.4 Å². The number of nitrogens with zero attached hydrogens (tertiary/aromatic N) is 3. The Hall–Kier alpha value is -1.64. The Bertz CT molecular complexity index is 486. The van der Waals surface area contributed by atoms with E-state index in [-0.39, 0.29) is 0 Å². The third kappa shape index (κ3) is 2.30. The van der Waals surface area contributed by atoms with Crippen LogP contribution in [0.5, 0.6) is 0 Å². The number of hydrogen-bond donors (Lipinski definition) is 0. The summed E-state index contributed by atoms with van der Waals surface area (Å²) in [5.74, 6) is 0. The van der Waals surface area contributed by atoms with Crippen molar-refractivity contribution in [3.05, 3.63) is 46.8 Å². The van der Waals surface area contributed by atoms with Crippen LogP contribution in [0, 0.1) is 13.8 Å². The van der Waals surface area contributed by atoms with Gasteiger partial charge in [0.15, 0.2) is 0 Å². The summed E-state index contributed by atoms with van der Waals surface area (Å²) in [4.78, 5) is 0. The molecule has 84 valence electrons. The van der Waals surface area contributed by atoms with Crippen molar-refractivity contribution in [2.75, 3.05) is 0 Å². The third-order valence-electron chi connectivity index (χ3n) is 3.02. The highest BCUT2D eigenvalue weighted by Crippen LogP contribution is 2.14. The Morgan fingerprint density at radius 3 is 2.69 bits per heavy atom. The van der Waals surface area contributed by atoms with Crippen LogP contribution in [-0.2, 0) is 19.9 Å². The molecule has 1 heterocycles. The Morgan fingerprint density at radius 2 is 2.00 bits per heavy atom. The van der Waals surface area contributed by atoms with Gasteiger partial charge in [0.05, 0.1) is 5.69 Å². The van der Waals surface area contributed by atoms with E-state index in [1.165, 1.54) is 16.7 Å². The van der Waals surface area contributed by atoms with Crippen molar-refractivity contribution in [3.63, 3.8) is 0 Å². The molecule has 1 aromatic carbocycles. The van der Waals surface area contributed by atoms with Crippen LogP contribution in [0.1, 0.15) is 22.4 Å². The Labute approximate surface area is 96.1 Å². The average molecular weight is 215 g/mol. The predicted octanol–water partition coefficient (Wildman–Crippen LogP) is 2.22. The molecule has 0 N–H and O–H groups in total. The lowest BCUT2D eigenvalue weighted by atomic mass is 9.99. The Balaban J connectivity index is 2.07. The van der Waals surface area contributed by atoms with Gasteiger partial charge >= 0.3 is 0 Å². The zero-order valence-electron chi connectivity index (χ0n) is 10.1. The van der Waals surface area contributed by atoms with Gasteiger partial charge in [0, 0.05) is 13.2 Å². The maximum absolute atomic E-state index is 4.10. The number of aryl methyl sites for hydroxylation is 4. The van der Waals surface area contributed by atoms with Gasteiger partial charge in [0.25, 0.3) is 0 Å². The molecule has 0 bridgehead atoms. The summed E-state index contributed by atoms with van der Waals surface area (Å²) in [5, 5.41) is 8.03. The molecule has 0 aliphatic rings. The third-order valence-corrected chi connectivity index (χ3v) is 3.02. The second-order valence-corrected chi connectivity index (χ2v) is 4.24. The summed E-state index contributed by atoms with van der Waals surface area (Å²) < 4.78 is 1.75. The van der Waals surface area contributed by atoms with Crippen molar-refractivity contribution in [1.82, 2.24) is 15.0 Å². The second kappa shape index (κ2) is 4.47. The van der Waals surface area contributed by atoms with Crippen LogP contribution in [-0.4, -0.2) is 15.0 Å². The lowest BCUT2D eigenvalue weighted by Crippen LogP contribution is -1.96. The first-order valence-corrected chi connectivity index (χ1v) is 5.57. The molecule has 2 rings (SSSR count). The minimum absolute atomic E-state index is 0.956. The molecule has 0 fully saturated rings. The predicted molar refractivity (Wildman–Crippen MR) is 64.3 cm³/mol. The molecule has 1 aromatic heterocycles. The molecule has 0 amide bonds. The van der Waals surface area contributed by atoms with E-state index in [1.807, 2.05) is 13.2 Å². The fraction of sp³-hybridized carbons (Fsp3) is 0.385. The standard InChI is InChI=1S/C13H17N3/c1-10-5-4-6-12(11(10)2)7-8-13-9-16(3)15-14-13/h4-6,9H,7-8H2,1-3H3. The highest BCUT2D eigenvalue weighted by Gasteiger charge is 2.03. The van der Waals surface area contributed by atoms with Gasteiger partial charge < -0.3 is 0 Å². The van der Waals surface area contributed by atoms with Gasteiger partial charge in [0.2, 0.25) is 0 Å². The van der Waals surface area contributed by atoms with E-state index in [0.29, 0.717) is 0 Å². The van der Waals surface area contributed by atoms with E-state index in [0.717, 1.165) is 18.5 Å². The van der Waals surface area contributed by atoms with E-state index < -0.39 is 0 Å². The van der Waals surface area contributed by atoms with Crippen LogP contribution in [0.4, 0.5) is 0 Å². The van der Waals surface area contributed by atoms with Gasteiger partial charge in [-0.3, -0.25) is 4.68 Å². The van der Waals surface area contributed by atoms with E-state index in [9.17, 15) is 0 Å². The summed E-state index contributed by atoms with van der Waals surface area (Å²) >= 11 is 0. The molecule has 0 aliphatic carbocycles. The lowest BCUT2D eigenvalue weighted by molar-refractivity contribution is 0.712. The molecule has 3 heteroatoms. The van der Waals surface area contributed by atoms with Crippen LogP contribution in [0.2, 0.25) is 0 Å². The zero-order valence-corrected chi connectivity index (χ0v) is 10.1. The fourth-order valence-corrected chi connectivity index (χ4v) is 1.86. The van der Waals surface area contributed by atoms with Gasteiger partial charge in [0.1, 0.15) is 0 Å². The van der Waals surface area contributed by atoms with Crippen molar-refractivity contribution >= 4 is 0 Å². The molecule has 0 aliphatic heterocycles. The first-order chi connectivity index (χ1) is 7.66. The van der Waals surface area contributed by atoms with Crippen molar-refractivity contribution in [1.29, 1.82) is 0 Å². The van der Waals surface area contributed by atoms with Gasteiger partial charge in [-0.05, 0) is 43.4 Å². The van der Waals surface area contributed by atoms with Crippen LogP contribution in [0.15, 0.2) is 24.4 Å². The molecule has 2 aromatic rings. The summed E-state index contributed by atoms with van der Waals surface area (Å²) in [6, 6.07) is 6.47. The Kier molecular flexibility index (Phi) is 3.04. The van der Waals surface area contributed by atoms with E-state index in [2.05, 4.69) is 42.4 Å². The topological polar surface area (TPSA) is 30.7 Å². The summed E-state index contributed by atoms with van der Waals surface area (Å²) in [6.07, 6.45) is 3.97. The molecule has 0 spiro atoms. The number of aromatic nitrogens is 3. The first-order valence-electron chi connectivity index (χ1n) is 5.57. The highest BCUT2D eigenvalue weighted by molar-refractivity contribution is 5.33. The second-order valence-electron chi connectivity index (χ2n) is 4.24. The first kappa shape index (κ1) is 10.9. The van der Waals surface area contributed by atoms with Crippen molar-refractivity contribution < 1.29 is 0 Å². The van der Waals surface area contributed by atoms with Gasteiger partial charge in [-0.15, -0.1) is 5.10 Å². The largest absolute Gasteiger partial charge is 0.255 e. The van der Waals surface area contributed by atoms with Crippen molar-refractivity contribution in [3.8, 4) is 0 Å². The molecule has 0 atom stereocenters. The van der Waals surface area contributed by atoms with E-state index in [4.69, 9.17) is 0 Å². The molecule has 0 saturated carbocycles. The average Bonchev–Trinajstić information content (AvgIpc) is 2.67. The minimum atomic E-state index is 0.956. The van der Waals surface area contributed by atoms with Gasteiger partial charge in [-0.25, -0.2) is 0 Å². The quantitative estimate of drug-likeness (QED) is 0.786. The molecule has 0 saturated heterocycles. The minimum Gasteiger partial charge on any atom is -0.255 e. The summed E-state index contributed by atoms with van der Waals surface area (Å²) in [6.45, 7) is 4.34. The normalized spacial score (nSPS) is 10.7. The zero-order chi connectivity index (χ0) is 11.5. The van der Waals surface area contributed by atoms with Crippen LogP contribution >= 0.6 is 0 Å². The molecular formula is C13H17N3. The number of rotatable bonds is 3. The monoisotopic (exact) mass is 215 g/mol. The summed E-state index contributed by atoms with van der Waals surface area (Å²) in [7, 11) is 1.90. The van der Waals surface area contributed by atoms with Crippen molar-refractivity contribution in [2.24, 2.45) is 7.05 Å². The van der Waals surface area contributed by atoms with Crippen LogP contribution in [0.25, 0.3) is 0 Å². The Morgan fingerprint density at radius 1 is 1.19 bits per heavy atom. The van der Waals surface area contributed by atoms with E-state index >= 15 is 0 Å². The van der Waals surface area contributed by atoms with Gasteiger partial charge in [-0.2, -0.15) is 0 Å². The summed E-state index contributed by atoms with van der Waals surface area (Å²) in [5.41, 5.74) is 5.22. The van der Waals surface area contributed by atoms with Crippen LogP contribution in [0.3, 0.4) is 0 Å². The highest BCUT2D eigenvalue weighted by atomic mass is 15.4. The molecule has 16 heavy (non-hydrogen) atoms.